The molecule has 59 heavy (non-hydrogen) atoms. The Kier molecular flexibility index (Phi) is 21.2. The molecule has 3 atom stereocenters. The first-order valence-electron chi connectivity index (χ1n) is 19.4. The molecule has 0 aliphatic heterocycles. The van der Waals surface area contributed by atoms with Crippen molar-refractivity contribution in [2.24, 2.45) is 17.8 Å². The van der Waals surface area contributed by atoms with Gasteiger partial charge in [-0.2, -0.15) is 0 Å². The summed E-state index contributed by atoms with van der Waals surface area (Å²) in [6.45, 7) is 10.1. The van der Waals surface area contributed by atoms with Gasteiger partial charge in [0.1, 0.15) is 17.6 Å². The van der Waals surface area contributed by atoms with Crippen LogP contribution in [0.4, 0.5) is 0 Å². The molecule has 0 aliphatic rings. The predicted octanol–water partition coefficient (Wildman–Crippen LogP) is 3.86. The smallest absolute Gasteiger partial charge is 0.332 e. The molecule has 4 N–H and O–H groups in total. The van der Waals surface area contributed by atoms with Crippen LogP contribution in [-0.2, 0) is 47.7 Å². The van der Waals surface area contributed by atoms with E-state index in [-0.39, 0.29) is 42.5 Å². The molecule has 0 bridgehead atoms. The zero-order chi connectivity index (χ0) is 44.1. The summed E-state index contributed by atoms with van der Waals surface area (Å²) in [7, 11) is 0. The van der Waals surface area contributed by atoms with Gasteiger partial charge in [0, 0.05) is 5.56 Å². The Balaban J connectivity index is 2.19. The summed E-state index contributed by atoms with van der Waals surface area (Å²) in [5.74, 6) is -6.94. The van der Waals surface area contributed by atoms with Gasteiger partial charge in [0.25, 0.3) is 11.8 Å². The summed E-state index contributed by atoms with van der Waals surface area (Å²) in [6, 6.07) is 4.84. The van der Waals surface area contributed by atoms with Crippen molar-refractivity contribution in [3.8, 4) is 17.1 Å². The third-order valence-electron chi connectivity index (χ3n) is 8.66. The van der Waals surface area contributed by atoms with Gasteiger partial charge >= 0.3 is 23.9 Å². The normalized spacial score (nSPS) is 12.4. The fourth-order valence-electron chi connectivity index (χ4n) is 5.42. The van der Waals surface area contributed by atoms with Gasteiger partial charge < -0.3 is 44.1 Å². The summed E-state index contributed by atoms with van der Waals surface area (Å²) in [5.41, 5.74) is 0.332. The number of ether oxygens (including phenoxy) is 5. The molecule has 1 heterocycles. The lowest BCUT2D eigenvalue weighted by Gasteiger charge is -2.29. The summed E-state index contributed by atoms with van der Waals surface area (Å²) < 4.78 is 31.1. The minimum absolute atomic E-state index is 0.0451. The van der Waals surface area contributed by atoms with E-state index in [0.29, 0.717) is 29.9 Å². The van der Waals surface area contributed by atoms with Gasteiger partial charge in [-0.15, -0.1) is 0 Å². The number of rotatable bonds is 26. The molecule has 0 saturated carbocycles. The highest BCUT2D eigenvalue weighted by Crippen LogP contribution is 2.29. The van der Waals surface area contributed by atoms with E-state index < -0.39 is 91.4 Å². The van der Waals surface area contributed by atoms with Crippen LogP contribution < -0.4 is 20.7 Å². The van der Waals surface area contributed by atoms with E-state index in [1.807, 2.05) is 6.92 Å². The zero-order valence-electron chi connectivity index (χ0n) is 34.5. The van der Waals surface area contributed by atoms with Crippen molar-refractivity contribution < 1.29 is 71.7 Å². The maximum absolute atomic E-state index is 13.5. The SMILES string of the molecule is CCCCC[C@@H](C(=O)NCNC(=O)c1ccc(-c2ccc(C(=O)NC(CC(=O)OCOC(=O)C(C)C)C(=O)OCOC(=O)C(C)C)c(OCC)c2)o1)[C@@H](CC)N(O)C=O. The van der Waals surface area contributed by atoms with Gasteiger partial charge in [-0.1, -0.05) is 66.9 Å². The average molecular weight is 833 g/mol. The molecule has 0 aliphatic carbocycles. The fraction of sp³-hybridized carbons (Fsp3) is 0.550. The monoisotopic (exact) mass is 832 g/mol. The molecule has 1 aromatic heterocycles. The van der Waals surface area contributed by atoms with Crippen LogP contribution in [0.2, 0.25) is 0 Å². The van der Waals surface area contributed by atoms with Crippen LogP contribution in [0.25, 0.3) is 11.3 Å². The highest BCUT2D eigenvalue weighted by Gasteiger charge is 2.31. The molecule has 0 fully saturated rings. The van der Waals surface area contributed by atoms with Crippen molar-refractivity contribution >= 4 is 48.0 Å². The van der Waals surface area contributed by atoms with Crippen LogP contribution in [0.5, 0.6) is 5.75 Å². The summed E-state index contributed by atoms with van der Waals surface area (Å²) in [5, 5.41) is 18.1. The first kappa shape index (κ1) is 49.2. The second-order valence-corrected chi connectivity index (χ2v) is 13.8. The molecule has 1 unspecified atom stereocenters. The molecule has 0 spiro atoms. The second kappa shape index (κ2) is 25.4. The molecular weight excluding hydrogens is 776 g/mol. The Morgan fingerprint density at radius 2 is 1.46 bits per heavy atom. The minimum Gasteiger partial charge on any atom is -0.493 e. The van der Waals surface area contributed by atoms with Gasteiger partial charge in [0.05, 0.1) is 49.1 Å². The maximum atomic E-state index is 13.5. The molecule has 4 amide bonds. The minimum atomic E-state index is -1.64. The Bertz CT molecular complexity index is 1740. The average Bonchev–Trinajstić information content (AvgIpc) is 3.70. The topological polar surface area (TPSA) is 255 Å². The number of hydroxylamine groups is 2. The quantitative estimate of drug-likeness (QED) is 0.0262. The molecule has 2 aromatic rings. The van der Waals surface area contributed by atoms with Crippen molar-refractivity contribution in [3.05, 3.63) is 41.7 Å². The van der Waals surface area contributed by atoms with E-state index in [9.17, 15) is 43.6 Å². The van der Waals surface area contributed by atoms with Crippen molar-refractivity contribution in [1.29, 1.82) is 0 Å². The summed E-state index contributed by atoms with van der Waals surface area (Å²) >= 11 is 0. The van der Waals surface area contributed by atoms with Crippen LogP contribution in [0.3, 0.4) is 0 Å². The van der Waals surface area contributed by atoms with Crippen molar-refractivity contribution in [2.45, 2.75) is 99.1 Å². The zero-order valence-corrected chi connectivity index (χ0v) is 34.5. The Morgan fingerprint density at radius 1 is 0.814 bits per heavy atom. The van der Waals surface area contributed by atoms with E-state index >= 15 is 0 Å². The number of carbonyl (C=O) groups excluding carboxylic acids is 8. The summed E-state index contributed by atoms with van der Waals surface area (Å²) in [6.07, 6.45) is 2.76. The number of carbonyl (C=O) groups is 8. The number of furan rings is 1. The first-order valence-corrected chi connectivity index (χ1v) is 19.4. The van der Waals surface area contributed by atoms with Crippen LogP contribution in [-0.4, -0.2) is 97.2 Å². The number of nitrogens with one attached hydrogen (secondary N) is 3. The van der Waals surface area contributed by atoms with E-state index in [2.05, 4.69) is 16.0 Å². The van der Waals surface area contributed by atoms with E-state index in [1.165, 1.54) is 30.3 Å². The lowest BCUT2D eigenvalue weighted by atomic mass is 9.90. The van der Waals surface area contributed by atoms with E-state index in [1.54, 1.807) is 41.5 Å². The first-order chi connectivity index (χ1) is 28.1. The van der Waals surface area contributed by atoms with Crippen LogP contribution in [0.1, 0.15) is 108 Å². The molecule has 1 aromatic carbocycles. The third kappa shape index (κ3) is 16.1. The van der Waals surface area contributed by atoms with Crippen molar-refractivity contribution in [3.63, 3.8) is 0 Å². The Labute approximate surface area is 342 Å². The predicted molar refractivity (Wildman–Crippen MR) is 207 cm³/mol. The van der Waals surface area contributed by atoms with E-state index in [4.69, 9.17) is 28.1 Å². The third-order valence-corrected chi connectivity index (χ3v) is 8.66. The van der Waals surface area contributed by atoms with Gasteiger partial charge in [-0.25, -0.2) is 9.86 Å². The molecule has 19 heteroatoms. The molecule has 326 valence electrons. The number of hydrogen-bond donors (Lipinski definition) is 4. The molecule has 19 nitrogen and oxygen atoms in total. The van der Waals surface area contributed by atoms with Gasteiger partial charge in [-0.3, -0.25) is 38.8 Å². The molecule has 2 rings (SSSR count). The standard InChI is InChI=1S/C40H56N4O15/c1-8-11-12-13-27(30(9-2)44(53)21-45)35(47)41-20-42-37(49)32-17-16-31(59-32)26-14-15-28(33(18-26)54-10-3)36(48)43-29(40(52)58-23-57-39(51)25(6)7)19-34(46)55-22-56-38(50)24(4)5/h14-18,21,24-25,27,29-30,53H,8-13,19-20,22-23H2,1-7H3,(H,41,47)(H,42,49)(H,43,48)/t27-,29?,30-/m1/s1. The number of hydrogen-bond acceptors (Lipinski definition) is 15. The highest BCUT2D eigenvalue weighted by molar-refractivity contribution is 6.00. The van der Waals surface area contributed by atoms with Gasteiger partial charge in [0.15, 0.2) is 5.76 Å². The lowest BCUT2D eigenvalue weighted by molar-refractivity contribution is -0.175. The van der Waals surface area contributed by atoms with Crippen molar-refractivity contribution in [1.82, 2.24) is 21.0 Å². The van der Waals surface area contributed by atoms with Crippen LogP contribution in [0.15, 0.2) is 34.7 Å². The fourth-order valence-corrected chi connectivity index (χ4v) is 5.42. The highest BCUT2D eigenvalue weighted by atomic mass is 16.7. The molecule has 0 radical (unpaired) electrons. The number of benzene rings is 1. The lowest BCUT2D eigenvalue weighted by Crippen LogP contribution is -2.47. The molecular formula is C40H56N4O15. The van der Waals surface area contributed by atoms with Crippen molar-refractivity contribution in [2.75, 3.05) is 26.9 Å². The van der Waals surface area contributed by atoms with Gasteiger partial charge in [-0.05, 0) is 44.0 Å². The number of unbranched alkanes of at least 4 members (excludes halogenated alkanes) is 2. The molecule has 0 saturated heterocycles. The number of esters is 4. The maximum Gasteiger partial charge on any atom is 0.332 e. The van der Waals surface area contributed by atoms with Crippen LogP contribution in [0, 0.1) is 17.8 Å². The number of amides is 4. The largest absolute Gasteiger partial charge is 0.493 e. The Morgan fingerprint density at radius 3 is 2.05 bits per heavy atom. The van der Waals surface area contributed by atoms with Gasteiger partial charge in [0.2, 0.25) is 25.9 Å². The Hall–Kier alpha value is -5.98. The number of nitrogens with zero attached hydrogens (tertiary/aromatic N) is 1. The van der Waals surface area contributed by atoms with Crippen LogP contribution >= 0.6 is 0 Å². The summed E-state index contributed by atoms with van der Waals surface area (Å²) in [4.78, 5) is 99.9. The van der Waals surface area contributed by atoms with E-state index in [0.717, 1.165) is 12.8 Å². The second-order valence-electron chi connectivity index (χ2n) is 13.8.